The minimum absolute atomic E-state index is 0.00699. The monoisotopic (exact) mass is 422 g/mol. The summed E-state index contributed by atoms with van der Waals surface area (Å²) < 4.78 is 39.1. The maximum Gasteiger partial charge on any atom is 0.416 e. The molecule has 134 valence electrons. The first-order valence-electron chi connectivity index (χ1n) is 7.57. The fourth-order valence-electron chi connectivity index (χ4n) is 2.48. The molecule has 0 radical (unpaired) electrons. The number of anilines is 3. The van der Waals surface area contributed by atoms with Crippen LogP contribution in [0.2, 0.25) is 0 Å². The maximum absolute atomic E-state index is 12.8. The van der Waals surface area contributed by atoms with Gasteiger partial charge in [0.1, 0.15) is 5.75 Å². The highest BCUT2D eigenvalue weighted by atomic mass is 79.9. The first-order valence-corrected chi connectivity index (χ1v) is 8.36. The summed E-state index contributed by atoms with van der Waals surface area (Å²) in [5, 5.41) is 13.2. The van der Waals surface area contributed by atoms with Crippen LogP contribution in [0.4, 0.5) is 30.2 Å². The molecule has 0 bridgehead atoms. The van der Waals surface area contributed by atoms with Crippen molar-refractivity contribution in [3.8, 4) is 16.9 Å². The van der Waals surface area contributed by atoms with Crippen LogP contribution in [-0.4, -0.2) is 5.11 Å². The van der Waals surface area contributed by atoms with Gasteiger partial charge in [-0.25, -0.2) is 0 Å². The average molecular weight is 423 g/mol. The molecule has 0 aromatic heterocycles. The van der Waals surface area contributed by atoms with Crippen LogP contribution >= 0.6 is 15.9 Å². The summed E-state index contributed by atoms with van der Waals surface area (Å²) in [5.41, 5.74) is 7.57. The second-order valence-corrected chi connectivity index (χ2v) is 6.53. The van der Waals surface area contributed by atoms with Crippen LogP contribution in [0.3, 0.4) is 0 Å². The summed E-state index contributed by atoms with van der Waals surface area (Å²) in [6.07, 6.45) is -4.42. The zero-order valence-corrected chi connectivity index (χ0v) is 14.9. The van der Waals surface area contributed by atoms with Gasteiger partial charge in [-0.3, -0.25) is 0 Å². The van der Waals surface area contributed by atoms with Gasteiger partial charge in [0.25, 0.3) is 0 Å². The van der Waals surface area contributed by atoms with Gasteiger partial charge in [0, 0.05) is 27.5 Å². The third-order valence-electron chi connectivity index (χ3n) is 3.78. The molecule has 0 aliphatic carbocycles. The number of halogens is 4. The fourth-order valence-corrected chi connectivity index (χ4v) is 2.92. The van der Waals surface area contributed by atoms with Crippen molar-refractivity contribution in [3.63, 3.8) is 0 Å². The highest BCUT2D eigenvalue weighted by Crippen LogP contribution is 2.39. The van der Waals surface area contributed by atoms with Gasteiger partial charge in [-0.05, 0) is 57.9 Å². The van der Waals surface area contributed by atoms with Gasteiger partial charge in [0.05, 0.1) is 11.3 Å². The SMILES string of the molecule is Nc1ccc(-c2cc(Br)c(Nc3cccc(C(F)(F)F)c3)cc2O)cc1. The van der Waals surface area contributed by atoms with Crippen LogP contribution < -0.4 is 11.1 Å². The van der Waals surface area contributed by atoms with Crippen molar-refractivity contribution < 1.29 is 18.3 Å². The van der Waals surface area contributed by atoms with Crippen molar-refractivity contribution in [1.82, 2.24) is 0 Å². The van der Waals surface area contributed by atoms with Gasteiger partial charge in [0.15, 0.2) is 0 Å². The van der Waals surface area contributed by atoms with Crippen LogP contribution in [0.1, 0.15) is 5.56 Å². The molecule has 0 unspecified atom stereocenters. The summed E-state index contributed by atoms with van der Waals surface area (Å²) in [6, 6.07) is 15.0. The Bertz CT molecular complexity index is 941. The van der Waals surface area contributed by atoms with E-state index in [2.05, 4.69) is 21.2 Å². The molecule has 0 atom stereocenters. The van der Waals surface area contributed by atoms with Gasteiger partial charge in [0.2, 0.25) is 0 Å². The van der Waals surface area contributed by atoms with E-state index in [4.69, 9.17) is 5.73 Å². The number of phenolic OH excluding ortho intramolecular Hbond substituents is 1. The third-order valence-corrected chi connectivity index (χ3v) is 4.43. The number of rotatable bonds is 3. The molecule has 0 aliphatic rings. The predicted octanol–water partition coefficient (Wildman–Crippen LogP) is 6.17. The van der Waals surface area contributed by atoms with E-state index in [-0.39, 0.29) is 11.4 Å². The lowest BCUT2D eigenvalue weighted by Gasteiger charge is -2.14. The second kappa shape index (κ2) is 6.92. The van der Waals surface area contributed by atoms with E-state index in [1.807, 2.05) is 0 Å². The Labute approximate surface area is 156 Å². The van der Waals surface area contributed by atoms with Crippen molar-refractivity contribution in [2.75, 3.05) is 11.1 Å². The first kappa shape index (κ1) is 18.1. The van der Waals surface area contributed by atoms with Crippen LogP contribution in [0.5, 0.6) is 5.75 Å². The highest BCUT2D eigenvalue weighted by molar-refractivity contribution is 9.10. The molecular weight excluding hydrogens is 409 g/mol. The smallest absolute Gasteiger partial charge is 0.416 e. The summed E-state index contributed by atoms with van der Waals surface area (Å²) in [5.74, 6) is -0.00699. The summed E-state index contributed by atoms with van der Waals surface area (Å²) in [6.45, 7) is 0. The molecule has 0 saturated carbocycles. The van der Waals surface area contributed by atoms with E-state index < -0.39 is 11.7 Å². The highest BCUT2D eigenvalue weighted by Gasteiger charge is 2.30. The van der Waals surface area contributed by atoms with E-state index in [1.54, 1.807) is 30.3 Å². The molecule has 0 saturated heterocycles. The Balaban J connectivity index is 1.93. The molecule has 0 heterocycles. The quantitative estimate of drug-likeness (QED) is 0.442. The van der Waals surface area contributed by atoms with Gasteiger partial charge in [-0.1, -0.05) is 18.2 Å². The van der Waals surface area contributed by atoms with Crippen LogP contribution in [0.25, 0.3) is 11.1 Å². The zero-order chi connectivity index (χ0) is 18.9. The molecule has 3 aromatic carbocycles. The maximum atomic E-state index is 12.8. The normalized spacial score (nSPS) is 11.4. The minimum atomic E-state index is -4.42. The Hall–Kier alpha value is -2.67. The predicted molar refractivity (Wildman–Crippen MR) is 100 cm³/mol. The standard InChI is InChI=1S/C19H14BrF3N2O/c20-16-9-15(11-4-6-13(24)7-5-11)18(26)10-17(16)25-14-3-1-2-12(8-14)19(21,22)23/h1-10,25-26H,24H2. The lowest BCUT2D eigenvalue weighted by Crippen LogP contribution is -2.05. The number of phenols is 1. The number of nitrogens with two attached hydrogens (primary N) is 1. The van der Waals surface area contributed by atoms with Crippen molar-refractivity contribution in [1.29, 1.82) is 0 Å². The van der Waals surface area contributed by atoms with E-state index in [0.29, 0.717) is 21.4 Å². The molecule has 26 heavy (non-hydrogen) atoms. The number of benzene rings is 3. The van der Waals surface area contributed by atoms with Gasteiger partial charge in [-0.15, -0.1) is 0 Å². The molecule has 3 nitrogen and oxygen atoms in total. The molecule has 0 aliphatic heterocycles. The van der Waals surface area contributed by atoms with Crippen molar-refractivity contribution in [2.24, 2.45) is 0 Å². The van der Waals surface area contributed by atoms with E-state index >= 15 is 0 Å². The van der Waals surface area contributed by atoms with Gasteiger partial charge in [-0.2, -0.15) is 13.2 Å². The van der Waals surface area contributed by atoms with Crippen LogP contribution in [0, 0.1) is 0 Å². The van der Waals surface area contributed by atoms with Gasteiger partial charge < -0.3 is 16.2 Å². The average Bonchev–Trinajstić information content (AvgIpc) is 2.58. The molecule has 3 aromatic rings. The van der Waals surface area contributed by atoms with Crippen molar-refractivity contribution >= 4 is 33.0 Å². The van der Waals surface area contributed by atoms with Crippen LogP contribution in [0.15, 0.2) is 65.1 Å². The number of aromatic hydroxyl groups is 1. The molecule has 4 N–H and O–H groups in total. The number of alkyl halides is 3. The molecule has 0 amide bonds. The molecule has 7 heteroatoms. The summed E-state index contributed by atoms with van der Waals surface area (Å²) >= 11 is 3.39. The van der Waals surface area contributed by atoms with Crippen LogP contribution in [-0.2, 0) is 6.18 Å². The lowest BCUT2D eigenvalue weighted by atomic mass is 10.0. The Kier molecular flexibility index (Phi) is 4.82. The number of hydrogen-bond donors (Lipinski definition) is 3. The minimum Gasteiger partial charge on any atom is -0.507 e. The Morgan fingerprint density at radius 2 is 1.65 bits per heavy atom. The van der Waals surface area contributed by atoms with E-state index in [1.165, 1.54) is 18.2 Å². The second-order valence-electron chi connectivity index (χ2n) is 5.67. The number of nitrogens with one attached hydrogen (secondary N) is 1. The number of hydrogen-bond acceptors (Lipinski definition) is 3. The lowest BCUT2D eigenvalue weighted by molar-refractivity contribution is -0.137. The summed E-state index contributed by atoms with van der Waals surface area (Å²) in [4.78, 5) is 0. The third kappa shape index (κ3) is 3.94. The van der Waals surface area contributed by atoms with Crippen molar-refractivity contribution in [3.05, 3.63) is 70.7 Å². The number of nitrogen functional groups attached to an aromatic ring is 1. The molecular formula is C19H14BrF3N2O. The van der Waals surface area contributed by atoms with Crippen molar-refractivity contribution in [2.45, 2.75) is 6.18 Å². The summed E-state index contributed by atoms with van der Waals surface area (Å²) in [7, 11) is 0. The molecule has 0 spiro atoms. The van der Waals surface area contributed by atoms with E-state index in [0.717, 1.165) is 17.7 Å². The largest absolute Gasteiger partial charge is 0.507 e. The zero-order valence-electron chi connectivity index (χ0n) is 13.3. The first-order chi connectivity index (χ1) is 12.2. The molecule has 0 fully saturated rings. The van der Waals surface area contributed by atoms with E-state index in [9.17, 15) is 18.3 Å². The Morgan fingerprint density at radius 1 is 0.962 bits per heavy atom. The van der Waals surface area contributed by atoms with Gasteiger partial charge >= 0.3 is 6.18 Å². The topological polar surface area (TPSA) is 58.3 Å². The Morgan fingerprint density at radius 3 is 2.31 bits per heavy atom. The fraction of sp³-hybridized carbons (Fsp3) is 0.0526. The molecule has 3 rings (SSSR count).